The summed E-state index contributed by atoms with van der Waals surface area (Å²) in [5.41, 5.74) is 2.15. The van der Waals surface area contributed by atoms with Gasteiger partial charge in [-0.1, -0.05) is 12.1 Å². The van der Waals surface area contributed by atoms with E-state index < -0.39 is 5.97 Å². The number of thiazole rings is 1. The summed E-state index contributed by atoms with van der Waals surface area (Å²) in [6, 6.07) is 10.0. The number of fused-ring (bicyclic) bond motifs is 1. The van der Waals surface area contributed by atoms with Crippen LogP contribution in [0.2, 0.25) is 0 Å². The molecule has 3 nitrogen and oxygen atoms in total. The highest BCUT2D eigenvalue weighted by atomic mass is 32.2. The first-order valence-electron chi connectivity index (χ1n) is 6.60. The lowest BCUT2D eigenvalue weighted by molar-refractivity contribution is -0.133. The number of benzene rings is 1. The molecule has 0 radical (unpaired) electrons. The van der Waals surface area contributed by atoms with Gasteiger partial charge in [-0.25, -0.2) is 4.98 Å². The lowest BCUT2D eigenvalue weighted by atomic mass is 10.3. The van der Waals surface area contributed by atoms with Gasteiger partial charge in [0, 0.05) is 9.78 Å². The predicted octanol–water partition coefficient (Wildman–Crippen LogP) is 4.98. The van der Waals surface area contributed by atoms with Crippen LogP contribution in [0.4, 0.5) is 0 Å². The van der Waals surface area contributed by atoms with E-state index >= 15 is 0 Å². The van der Waals surface area contributed by atoms with Crippen molar-refractivity contribution in [1.82, 2.24) is 4.98 Å². The lowest BCUT2D eigenvalue weighted by Crippen LogP contribution is -1.97. The highest BCUT2D eigenvalue weighted by Gasteiger charge is 2.12. The van der Waals surface area contributed by atoms with Crippen molar-refractivity contribution >= 4 is 61.6 Å². The molecule has 112 valence electrons. The minimum Gasteiger partial charge on any atom is -0.481 e. The molecule has 0 unspecified atom stereocenters. The first-order valence-corrected chi connectivity index (χ1v) is 9.28. The van der Waals surface area contributed by atoms with E-state index in [9.17, 15) is 4.79 Å². The van der Waals surface area contributed by atoms with E-state index in [1.165, 1.54) is 17.3 Å². The molecule has 3 aromatic rings. The number of carbonyl (C=O) groups is 1. The van der Waals surface area contributed by atoms with Gasteiger partial charge in [-0.3, -0.25) is 4.79 Å². The van der Waals surface area contributed by atoms with Crippen molar-refractivity contribution in [2.24, 2.45) is 0 Å². The van der Waals surface area contributed by atoms with Crippen molar-refractivity contribution in [2.75, 3.05) is 5.75 Å². The lowest BCUT2D eigenvalue weighted by Gasteiger charge is -2.02. The van der Waals surface area contributed by atoms with Crippen LogP contribution in [-0.4, -0.2) is 21.8 Å². The first-order chi connectivity index (χ1) is 10.6. The third-order valence-electron chi connectivity index (χ3n) is 3.02. The molecule has 0 aliphatic heterocycles. The molecule has 6 heteroatoms. The van der Waals surface area contributed by atoms with Crippen LogP contribution in [0.25, 0.3) is 21.2 Å². The number of hydrogen-bond donors (Lipinski definition) is 1. The number of para-hydroxylation sites is 1. The van der Waals surface area contributed by atoms with Gasteiger partial charge in [0.05, 0.1) is 16.0 Å². The zero-order valence-corrected chi connectivity index (χ0v) is 14.2. The van der Waals surface area contributed by atoms with Gasteiger partial charge in [0.15, 0.2) is 0 Å². The topological polar surface area (TPSA) is 50.2 Å². The number of nitrogens with zero attached hydrogens (tertiary/aromatic N) is 1. The van der Waals surface area contributed by atoms with Gasteiger partial charge in [-0.15, -0.1) is 34.4 Å². The number of thiophene rings is 1. The van der Waals surface area contributed by atoms with Gasteiger partial charge in [0.25, 0.3) is 0 Å². The summed E-state index contributed by atoms with van der Waals surface area (Å²) >= 11 is 4.57. The molecule has 0 atom stereocenters. The second-order valence-corrected chi connectivity index (χ2v) is 7.64. The smallest absolute Gasteiger partial charge is 0.313 e. The number of aryl methyl sites for hydroxylation is 1. The van der Waals surface area contributed by atoms with E-state index in [0.717, 1.165) is 25.0 Å². The van der Waals surface area contributed by atoms with Crippen molar-refractivity contribution in [2.45, 2.75) is 6.92 Å². The number of hydrogen-bond acceptors (Lipinski definition) is 5. The van der Waals surface area contributed by atoms with Crippen molar-refractivity contribution in [3.8, 4) is 0 Å². The third-order valence-corrected chi connectivity index (χ3v) is 6.20. The summed E-state index contributed by atoms with van der Waals surface area (Å²) in [4.78, 5) is 17.6. The minimum atomic E-state index is -0.820. The maximum atomic E-state index is 10.9. The van der Waals surface area contributed by atoms with E-state index in [2.05, 4.69) is 18.0 Å². The van der Waals surface area contributed by atoms with Gasteiger partial charge in [-0.2, -0.15) is 0 Å². The second-order valence-electron chi connectivity index (χ2n) is 4.65. The van der Waals surface area contributed by atoms with E-state index in [4.69, 9.17) is 5.11 Å². The number of aliphatic carboxylic acids is 1. The summed E-state index contributed by atoms with van der Waals surface area (Å²) in [7, 11) is 0. The highest BCUT2D eigenvalue weighted by Crippen LogP contribution is 2.36. The summed E-state index contributed by atoms with van der Waals surface area (Å²) in [6.45, 7) is 2.06. The Hall–Kier alpha value is -1.63. The molecule has 2 aromatic heterocycles. The molecule has 0 bridgehead atoms. The Morgan fingerprint density at radius 1 is 1.36 bits per heavy atom. The Morgan fingerprint density at radius 3 is 2.86 bits per heavy atom. The Labute approximate surface area is 140 Å². The fourth-order valence-electron chi connectivity index (χ4n) is 1.93. The van der Waals surface area contributed by atoms with Crippen LogP contribution < -0.4 is 0 Å². The predicted molar refractivity (Wildman–Crippen MR) is 96.6 cm³/mol. The van der Waals surface area contributed by atoms with Crippen molar-refractivity contribution < 1.29 is 9.90 Å². The second kappa shape index (κ2) is 6.64. The number of carboxylic acids is 1. The number of rotatable bonds is 5. The van der Waals surface area contributed by atoms with Gasteiger partial charge in [0.2, 0.25) is 0 Å². The molecular weight excluding hydrogens is 334 g/mol. The van der Waals surface area contributed by atoms with Crippen molar-refractivity contribution in [3.63, 3.8) is 0 Å². The maximum absolute atomic E-state index is 10.9. The molecule has 0 saturated carbocycles. The van der Waals surface area contributed by atoms with Crippen LogP contribution >= 0.6 is 34.4 Å². The zero-order valence-electron chi connectivity index (χ0n) is 11.8. The SMILES string of the molecule is Cc1ccsc1C=C(SCC(=O)O)c1nc2ccccc2s1. The maximum Gasteiger partial charge on any atom is 0.313 e. The van der Waals surface area contributed by atoms with Crippen LogP contribution in [0.5, 0.6) is 0 Å². The molecule has 0 spiro atoms. The Kier molecular flexibility index (Phi) is 4.61. The molecule has 2 heterocycles. The van der Waals surface area contributed by atoms with Crippen LogP contribution in [-0.2, 0) is 4.79 Å². The number of carboxylic acid groups (broad SMARTS) is 1. The van der Waals surface area contributed by atoms with E-state index in [-0.39, 0.29) is 5.75 Å². The largest absolute Gasteiger partial charge is 0.481 e. The minimum absolute atomic E-state index is 0.0339. The summed E-state index contributed by atoms with van der Waals surface area (Å²) in [5, 5.41) is 11.9. The normalized spacial score (nSPS) is 12.0. The summed E-state index contributed by atoms with van der Waals surface area (Å²) in [5.74, 6) is -0.786. The summed E-state index contributed by atoms with van der Waals surface area (Å²) in [6.07, 6.45) is 2.05. The molecule has 3 rings (SSSR count). The third kappa shape index (κ3) is 3.40. The van der Waals surface area contributed by atoms with Gasteiger partial charge >= 0.3 is 5.97 Å². The average molecular weight is 347 g/mol. The van der Waals surface area contributed by atoms with Crippen molar-refractivity contribution in [3.05, 3.63) is 51.2 Å². The fourth-order valence-corrected chi connectivity index (χ4v) is 4.69. The molecule has 0 amide bonds. The number of thioether (sulfide) groups is 1. The van der Waals surface area contributed by atoms with Crippen LogP contribution in [0.3, 0.4) is 0 Å². The zero-order chi connectivity index (χ0) is 15.5. The highest BCUT2D eigenvalue weighted by molar-refractivity contribution is 8.09. The monoisotopic (exact) mass is 347 g/mol. The molecule has 0 fully saturated rings. The Balaban J connectivity index is 2.02. The quantitative estimate of drug-likeness (QED) is 0.707. The van der Waals surface area contributed by atoms with E-state index in [0.29, 0.717) is 0 Å². The summed E-state index contributed by atoms with van der Waals surface area (Å²) < 4.78 is 1.11. The Bertz CT molecular complexity index is 815. The van der Waals surface area contributed by atoms with E-state index in [1.807, 2.05) is 35.7 Å². The van der Waals surface area contributed by atoms with Crippen LogP contribution in [0, 0.1) is 6.92 Å². The van der Waals surface area contributed by atoms with Crippen LogP contribution in [0.1, 0.15) is 15.4 Å². The molecule has 0 aliphatic rings. The molecule has 1 N–H and O–H groups in total. The van der Waals surface area contributed by atoms with Crippen molar-refractivity contribution in [1.29, 1.82) is 0 Å². The average Bonchev–Trinajstić information content (AvgIpc) is 3.09. The molecule has 22 heavy (non-hydrogen) atoms. The fraction of sp³-hybridized carbons (Fsp3) is 0.125. The van der Waals surface area contributed by atoms with Gasteiger partial charge in [0.1, 0.15) is 5.01 Å². The van der Waals surface area contributed by atoms with Gasteiger partial charge in [-0.05, 0) is 42.1 Å². The van der Waals surface area contributed by atoms with Crippen LogP contribution in [0.15, 0.2) is 35.7 Å². The molecule has 0 saturated heterocycles. The standard InChI is InChI=1S/C16H13NO2S3/c1-10-6-7-20-13(10)8-14(21-9-15(18)19)16-17-11-4-2-3-5-12(11)22-16/h2-8H,9H2,1H3,(H,18,19). The molecule has 0 aliphatic carbocycles. The molecular formula is C16H13NO2S3. The molecule has 1 aromatic carbocycles. The van der Waals surface area contributed by atoms with Gasteiger partial charge < -0.3 is 5.11 Å². The van der Waals surface area contributed by atoms with E-state index in [1.54, 1.807) is 22.7 Å². The first kappa shape index (κ1) is 15.3. The number of aromatic nitrogens is 1. The Morgan fingerprint density at radius 2 is 2.18 bits per heavy atom.